The number of hydrogen-bond acceptors (Lipinski definition) is 3. The molecule has 96 valence electrons. The number of fused-ring (bicyclic) bond motifs is 1. The number of furan rings is 1. The predicted molar refractivity (Wildman–Crippen MR) is 74.9 cm³/mol. The SMILES string of the molecule is Oc1ccc(CNCc2cc3ccccc3o2)cc1. The zero-order chi connectivity index (χ0) is 13.1. The first kappa shape index (κ1) is 11.8. The summed E-state index contributed by atoms with van der Waals surface area (Å²) in [4.78, 5) is 0. The molecule has 0 fully saturated rings. The van der Waals surface area contributed by atoms with E-state index >= 15 is 0 Å². The van der Waals surface area contributed by atoms with E-state index in [1.165, 1.54) is 0 Å². The Hall–Kier alpha value is -2.26. The van der Waals surface area contributed by atoms with Crippen molar-refractivity contribution in [1.82, 2.24) is 5.32 Å². The fourth-order valence-corrected chi connectivity index (χ4v) is 2.07. The van der Waals surface area contributed by atoms with Crippen molar-refractivity contribution in [2.45, 2.75) is 13.1 Å². The van der Waals surface area contributed by atoms with Crippen molar-refractivity contribution in [1.29, 1.82) is 0 Å². The summed E-state index contributed by atoms with van der Waals surface area (Å²) < 4.78 is 5.72. The number of para-hydroxylation sites is 1. The van der Waals surface area contributed by atoms with Gasteiger partial charge in [0.15, 0.2) is 0 Å². The third-order valence-corrected chi connectivity index (χ3v) is 3.04. The summed E-state index contributed by atoms with van der Waals surface area (Å²) in [6.07, 6.45) is 0. The van der Waals surface area contributed by atoms with Crippen LogP contribution in [-0.2, 0) is 13.1 Å². The van der Waals surface area contributed by atoms with Gasteiger partial charge < -0.3 is 14.8 Å². The van der Waals surface area contributed by atoms with Crippen LogP contribution in [0.3, 0.4) is 0 Å². The fraction of sp³-hybridized carbons (Fsp3) is 0.125. The van der Waals surface area contributed by atoms with Crippen LogP contribution in [0.2, 0.25) is 0 Å². The molecule has 1 aromatic heterocycles. The van der Waals surface area contributed by atoms with Gasteiger partial charge in [-0.05, 0) is 29.8 Å². The van der Waals surface area contributed by atoms with Crippen molar-refractivity contribution in [2.24, 2.45) is 0 Å². The molecule has 2 N–H and O–H groups in total. The van der Waals surface area contributed by atoms with Crippen molar-refractivity contribution in [3.05, 3.63) is 65.9 Å². The fourth-order valence-electron chi connectivity index (χ4n) is 2.07. The Bertz CT molecular complexity index is 638. The lowest BCUT2D eigenvalue weighted by Crippen LogP contribution is -2.11. The smallest absolute Gasteiger partial charge is 0.134 e. The molecular weight excluding hydrogens is 238 g/mol. The lowest BCUT2D eigenvalue weighted by Gasteiger charge is -2.03. The van der Waals surface area contributed by atoms with Gasteiger partial charge in [-0.1, -0.05) is 30.3 Å². The van der Waals surface area contributed by atoms with Crippen LogP contribution in [0.25, 0.3) is 11.0 Å². The summed E-state index contributed by atoms with van der Waals surface area (Å²) in [5.41, 5.74) is 2.05. The molecule has 0 bridgehead atoms. The molecule has 0 aliphatic rings. The van der Waals surface area contributed by atoms with Crippen molar-refractivity contribution in [3.8, 4) is 5.75 Å². The first-order chi connectivity index (χ1) is 9.31. The summed E-state index contributed by atoms with van der Waals surface area (Å²) in [7, 11) is 0. The van der Waals surface area contributed by atoms with Crippen molar-refractivity contribution >= 4 is 11.0 Å². The highest BCUT2D eigenvalue weighted by atomic mass is 16.3. The van der Waals surface area contributed by atoms with Crippen LogP contribution in [-0.4, -0.2) is 5.11 Å². The largest absolute Gasteiger partial charge is 0.508 e. The lowest BCUT2D eigenvalue weighted by molar-refractivity contribution is 0.474. The summed E-state index contributed by atoms with van der Waals surface area (Å²) in [6, 6.07) is 17.2. The van der Waals surface area contributed by atoms with Gasteiger partial charge in [0.25, 0.3) is 0 Å². The maximum Gasteiger partial charge on any atom is 0.134 e. The van der Waals surface area contributed by atoms with E-state index in [-0.39, 0.29) is 0 Å². The summed E-state index contributed by atoms with van der Waals surface area (Å²) in [6.45, 7) is 1.44. The molecule has 0 spiro atoms. The van der Waals surface area contributed by atoms with E-state index in [1.54, 1.807) is 12.1 Å². The van der Waals surface area contributed by atoms with Crippen molar-refractivity contribution in [2.75, 3.05) is 0 Å². The molecule has 19 heavy (non-hydrogen) atoms. The highest BCUT2D eigenvalue weighted by molar-refractivity contribution is 5.77. The second-order valence-corrected chi connectivity index (χ2v) is 4.52. The first-order valence-corrected chi connectivity index (χ1v) is 6.27. The van der Waals surface area contributed by atoms with Crippen LogP contribution < -0.4 is 5.32 Å². The van der Waals surface area contributed by atoms with Gasteiger partial charge in [-0.15, -0.1) is 0 Å². The maximum atomic E-state index is 9.21. The zero-order valence-corrected chi connectivity index (χ0v) is 10.5. The van der Waals surface area contributed by atoms with Gasteiger partial charge in [-0.2, -0.15) is 0 Å². The van der Waals surface area contributed by atoms with Crippen LogP contribution in [0.4, 0.5) is 0 Å². The third kappa shape index (κ3) is 2.77. The summed E-state index contributed by atoms with van der Waals surface area (Å²) in [5.74, 6) is 1.22. The molecule has 0 saturated heterocycles. The molecular formula is C16H15NO2. The Morgan fingerprint density at radius 1 is 0.947 bits per heavy atom. The van der Waals surface area contributed by atoms with Gasteiger partial charge in [-0.3, -0.25) is 0 Å². The Morgan fingerprint density at radius 2 is 1.74 bits per heavy atom. The number of rotatable bonds is 4. The minimum atomic E-state index is 0.293. The van der Waals surface area contributed by atoms with E-state index in [9.17, 15) is 5.11 Å². The Balaban J connectivity index is 1.61. The highest BCUT2D eigenvalue weighted by Crippen LogP contribution is 2.18. The molecule has 3 aromatic rings. The van der Waals surface area contributed by atoms with Crippen LogP contribution in [0.15, 0.2) is 59.0 Å². The average Bonchev–Trinajstić information content (AvgIpc) is 2.83. The normalized spacial score (nSPS) is 10.9. The molecule has 1 heterocycles. The maximum absolute atomic E-state index is 9.21. The standard InChI is InChI=1S/C16H15NO2/c18-14-7-5-12(6-8-14)10-17-11-15-9-13-3-1-2-4-16(13)19-15/h1-9,17-18H,10-11H2. The van der Waals surface area contributed by atoms with Crippen molar-refractivity contribution < 1.29 is 9.52 Å². The molecule has 3 heteroatoms. The molecule has 0 aliphatic heterocycles. The first-order valence-electron chi connectivity index (χ1n) is 6.27. The van der Waals surface area contributed by atoms with Gasteiger partial charge in [-0.25, -0.2) is 0 Å². The van der Waals surface area contributed by atoms with E-state index in [1.807, 2.05) is 36.4 Å². The van der Waals surface area contributed by atoms with Crippen LogP contribution in [0.5, 0.6) is 5.75 Å². The monoisotopic (exact) mass is 253 g/mol. The topological polar surface area (TPSA) is 45.4 Å². The lowest BCUT2D eigenvalue weighted by atomic mass is 10.2. The number of phenolic OH excluding ortho intramolecular Hbond substituents is 1. The number of aromatic hydroxyl groups is 1. The quantitative estimate of drug-likeness (QED) is 0.748. The van der Waals surface area contributed by atoms with Crippen molar-refractivity contribution in [3.63, 3.8) is 0 Å². The Kier molecular flexibility index (Phi) is 3.21. The van der Waals surface area contributed by atoms with E-state index in [0.717, 1.165) is 28.8 Å². The minimum absolute atomic E-state index is 0.293. The molecule has 0 aliphatic carbocycles. The minimum Gasteiger partial charge on any atom is -0.508 e. The molecule has 3 rings (SSSR count). The van der Waals surface area contributed by atoms with E-state index in [4.69, 9.17) is 4.42 Å². The van der Waals surface area contributed by atoms with E-state index in [0.29, 0.717) is 12.3 Å². The number of nitrogens with one attached hydrogen (secondary N) is 1. The molecule has 3 nitrogen and oxygen atoms in total. The average molecular weight is 253 g/mol. The highest BCUT2D eigenvalue weighted by Gasteiger charge is 2.02. The molecule has 0 atom stereocenters. The molecule has 0 amide bonds. The van der Waals surface area contributed by atoms with Gasteiger partial charge in [0.05, 0.1) is 6.54 Å². The zero-order valence-electron chi connectivity index (χ0n) is 10.5. The van der Waals surface area contributed by atoms with Gasteiger partial charge in [0.1, 0.15) is 17.1 Å². The number of benzene rings is 2. The van der Waals surface area contributed by atoms with E-state index in [2.05, 4.69) is 11.4 Å². The molecule has 0 saturated carbocycles. The van der Waals surface area contributed by atoms with Gasteiger partial charge in [0, 0.05) is 11.9 Å². The van der Waals surface area contributed by atoms with E-state index < -0.39 is 0 Å². The predicted octanol–water partition coefficient (Wildman–Crippen LogP) is 3.43. The molecule has 2 aromatic carbocycles. The van der Waals surface area contributed by atoms with Crippen LogP contribution >= 0.6 is 0 Å². The summed E-state index contributed by atoms with van der Waals surface area (Å²) >= 11 is 0. The number of phenols is 1. The summed E-state index contributed by atoms with van der Waals surface area (Å²) in [5, 5.41) is 13.7. The molecule has 0 radical (unpaired) electrons. The third-order valence-electron chi connectivity index (χ3n) is 3.04. The second kappa shape index (κ2) is 5.16. The second-order valence-electron chi connectivity index (χ2n) is 4.52. The van der Waals surface area contributed by atoms with Crippen LogP contribution in [0, 0.1) is 0 Å². The Labute approximate surface area is 111 Å². The molecule has 0 unspecified atom stereocenters. The van der Waals surface area contributed by atoms with Gasteiger partial charge in [0.2, 0.25) is 0 Å². The van der Waals surface area contributed by atoms with Crippen LogP contribution in [0.1, 0.15) is 11.3 Å². The number of hydrogen-bond donors (Lipinski definition) is 2. The van der Waals surface area contributed by atoms with Gasteiger partial charge >= 0.3 is 0 Å². The Morgan fingerprint density at radius 3 is 2.53 bits per heavy atom.